The van der Waals surface area contributed by atoms with Gasteiger partial charge in [0.2, 0.25) is 0 Å². The van der Waals surface area contributed by atoms with Crippen molar-refractivity contribution in [3.8, 4) is 33.8 Å². The minimum atomic E-state index is 0.529. The van der Waals surface area contributed by atoms with E-state index in [2.05, 4.69) is 140 Å². The van der Waals surface area contributed by atoms with E-state index in [1.54, 1.807) is 0 Å². The molecule has 10 rings (SSSR count). The largest absolute Gasteiger partial charge is 0.254 e. The van der Waals surface area contributed by atoms with Crippen LogP contribution in [0.1, 0.15) is 18.1 Å². The molecule has 4 heterocycles. The van der Waals surface area contributed by atoms with Crippen molar-refractivity contribution in [2.75, 3.05) is 0 Å². The van der Waals surface area contributed by atoms with Crippen LogP contribution >= 0.6 is 0 Å². The third-order valence-corrected chi connectivity index (χ3v) is 9.91. The van der Waals surface area contributed by atoms with E-state index in [0.717, 1.165) is 83.8 Å². The maximum atomic E-state index is 5.25. The highest BCUT2D eigenvalue weighted by Crippen LogP contribution is 2.35. The van der Waals surface area contributed by atoms with Gasteiger partial charge in [0.05, 0.1) is 39.1 Å². The molecule has 4 heteroatoms. The highest BCUT2D eigenvalue weighted by atomic mass is 14.8. The smallest absolute Gasteiger partial charge is 0.0972 e. The van der Waals surface area contributed by atoms with Gasteiger partial charge in [-0.1, -0.05) is 79.7 Å². The van der Waals surface area contributed by atoms with E-state index in [9.17, 15) is 0 Å². The molecule has 230 valence electrons. The molecular weight excluding hydrogens is 597 g/mol. The summed E-state index contributed by atoms with van der Waals surface area (Å²) in [5, 5.41) is 6.82. The van der Waals surface area contributed by atoms with Crippen molar-refractivity contribution in [1.82, 2.24) is 19.9 Å². The van der Waals surface area contributed by atoms with Gasteiger partial charge in [0.25, 0.3) is 0 Å². The van der Waals surface area contributed by atoms with Crippen LogP contribution in [0.25, 0.3) is 94.2 Å². The Morgan fingerprint density at radius 3 is 1.80 bits per heavy atom. The van der Waals surface area contributed by atoms with E-state index in [-0.39, 0.29) is 0 Å². The summed E-state index contributed by atoms with van der Waals surface area (Å²) in [5.41, 5.74) is 12.2. The molecule has 4 aromatic heterocycles. The first kappa shape index (κ1) is 27.8. The third-order valence-electron chi connectivity index (χ3n) is 9.91. The molecule has 1 aliphatic rings. The van der Waals surface area contributed by atoms with Gasteiger partial charge in [0.15, 0.2) is 0 Å². The molecule has 9 aromatic rings. The van der Waals surface area contributed by atoms with Gasteiger partial charge in [-0.2, -0.15) is 0 Å². The molecule has 1 aliphatic carbocycles. The Balaban J connectivity index is 1.17. The van der Waals surface area contributed by atoms with E-state index >= 15 is 0 Å². The van der Waals surface area contributed by atoms with E-state index in [4.69, 9.17) is 19.9 Å². The van der Waals surface area contributed by atoms with Gasteiger partial charge >= 0.3 is 0 Å². The molecule has 1 atom stereocenters. The number of nitrogens with zero attached hydrogens (tertiary/aromatic N) is 4. The van der Waals surface area contributed by atoms with Crippen LogP contribution in [0.3, 0.4) is 0 Å². The fourth-order valence-corrected chi connectivity index (χ4v) is 7.34. The van der Waals surface area contributed by atoms with Gasteiger partial charge in [0, 0.05) is 44.4 Å². The number of benzene rings is 5. The SMILES string of the molecule is CC1C=Cc2cc3ccc(-c4cc(-c5ccc6cc7ccccc7cc6n5)cc(-c5ccc6ccc7cccnc7c6n5)c4)nc3cc2C1. The lowest BCUT2D eigenvalue weighted by atomic mass is 9.89. The first-order valence-corrected chi connectivity index (χ1v) is 16.8. The van der Waals surface area contributed by atoms with E-state index in [1.165, 1.54) is 21.9 Å². The Hall–Kier alpha value is -6.26. The minimum Gasteiger partial charge on any atom is -0.254 e. The second-order valence-corrected chi connectivity index (χ2v) is 13.3. The average Bonchev–Trinajstić information content (AvgIpc) is 3.15. The summed E-state index contributed by atoms with van der Waals surface area (Å²) >= 11 is 0. The van der Waals surface area contributed by atoms with Crippen molar-refractivity contribution >= 4 is 60.5 Å². The summed E-state index contributed by atoms with van der Waals surface area (Å²) < 4.78 is 0. The molecule has 0 fully saturated rings. The second-order valence-electron chi connectivity index (χ2n) is 13.3. The quantitative estimate of drug-likeness (QED) is 0.145. The molecule has 0 bridgehead atoms. The average molecular weight is 627 g/mol. The maximum Gasteiger partial charge on any atom is 0.0972 e. The summed E-state index contributed by atoms with van der Waals surface area (Å²) in [5.74, 6) is 0.529. The Morgan fingerprint density at radius 2 is 1.06 bits per heavy atom. The van der Waals surface area contributed by atoms with Crippen LogP contribution in [-0.2, 0) is 6.42 Å². The molecule has 4 nitrogen and oxygen atoms in total. The number of pyridine rings is 4. The maximum absolute atomic E-state index is 5.25. The molecule has 0 spiro atoms. The first-order valence-electron chi connectivity index (χ1n) is 16.8. The van der Waals surface area contributed by atoms with E-state index < -0.39 is 0 Å². The molecule has 0 saturated carbocycles. The fourth-order valence-electron chi connectivity index (χ4n) is 7.34. The number of hydrogen-bond donors (Lipinski definition) is 0. The van der Waals surface area contributed by atoms with Crippen LogP contribution in [0.15, 0.2) is 140 Å². The molecule has 0 aliphatic heterocycles. The fraction of sp³-hybridized carbons (Fsp3) is 0.0667. The lowest BCUT2D eigenvalue weighted by molar-refractivity contribution is 0.718. The van der Waals surface area contributed by atoms with Gasteiger partial charge in [-0.05, 0) is 101 Å². The van der Waals surface area contributed by atoms with Crippen LogP contribution in [0.5, 0.6) is 0 Å². The summed E-state index contributed by atoms with van der Waals surface area (Å²) in [7, 11) is 0. The predicted molar refractivity (Wildman–Crippen MR) is 203 cm³/mol. The van der Waals surface area contributed by atoms with Crippen molar-refractivity contribution in [2.24, 2.45) is 5.92 Å². The molecule has 0 N–H and O–H groups in total. The van der Waals surface area contributed by atoms with Gasteiger partial charge in [0.1, 0.15) is 0 Å². The lowest BCUT2D eigenvalue weighted by Crippen LogP contribution is -2.03. The number of fused-ring (bicyclic) bond motifs is 7. The molecule has 1 unspecified atom stereocenters. The predicted octanol–water partition coefficient (Wildman–Crippen LogP) is 11.2. The Kier molecular flexibility index (Phi) is 6.18. The summed E-state index contributed by atoms with van der Waals surface area (Å²) in [6.07, 6.45) is 7.42. The number of hydrogen-bond acceptors (Lipinski definition) is 4. The highest BCUT2D eigenvalue weighted by Gasteiger charge is 2.15. The summed E-state index contributed by atoms with van der Waals surface area (Å²) in [6.45, 7) is 2.27. The van der Waals surface area contributed by atoms with Crippen molar-refractivity contribution < 1.29 is 0 Å². The van der Waals surface area contributed by atoms with Crippen molar-refractivity contribution in [1.29, 1.82) is 0 Å². The summed E-state index contributed by atoms with van der Waals surface area (Å²) in [4.78, 5) is 20.4. The van der Waals surface area contributed by atoms with Crippen molar-refractivity contribution in [2.45, 2.75) is 13.3 Å². The third kappa shape index (κ3) is 4.84. The Morgan fingerprint density at radius 1 is 0.490 bits per heavy atom. The molecular formula is C45H30N4. The Labute approximate surface area is 283 Å². The Bertz CT molecular complexity index is 2830. The topological polar surface area (TPSA) is 51.6 Å². The second kappa shape index (κ2) is 10.9. The standard InChI is InChI=1S/C45H30N4/c1-27-8-9-32-21-34-14-17-40(48-43(34)26-35(32)19-27)37-22-36(39-16-13-33-20-30-5-2-3-6-31(30)25-42(33)47-39)23-38(24-37)41-15-12-29-11-10-28-7-4-18-46-44(28)45(29)49-41/h2-18,20-27H,19H2,1H3. The molecule has 5 aromatic carbocycles. The van der Waals surface area contributed by atoms with Gasteiger partial charge in [-0.3, -0.25) is 4.98 Å². The molecule has 0 amide bonds. The summed E-state index contributed by atoms with van der Waals surface area (Å²) in [6, 6.07) is 45.2. The zero-order chi connectivity index (χ0) is 32.5. The number of allylic oxidation sites excluding steroid dienone is 1. The zero-order valence-corrected chi connectivity index (χ0v) is 26.9. The first-order chi connectivity index (χ1) is 24.1. The van der Waals surface area contributed by atoms with Crippen LogP contribution < -0.4 is 0 Å². The van der Waals surface area contributed by atoms with Crippen molar-refractivity contribution in [3.05, 3.63) is 151 Å². The number of rotatable bonds is 3. The van der Waals surface area contributed by atoms with E-state index in [0.29, 0.717) is 5.92 Å². The molecule has 0 radical (unpaired) electrons. The van der Waals surface area contributed by atoms with Crippen LogP contribution in [0, 0.1) is 5.92 Å². The van der Waals surface area contributed by atoms with Gasteiger partial charge in [-0.25, -0.2) is 15.0 Å². The van der Waals surface area contributed by atoms with Gasteiger partial charge in [-0.15, -0.1) is 0 Å². The monoisotopic (exact) mass is 626 g/mol. The van der Waals surface area contributed by atoms with E-state index in [1.807, 2.05) is 12.3 Å². The minimum absolute atomic E-state index is 0.529. The van der Waals surface area contributed by atoms with Gasteiger partial charge < -0.3 is 0 Å². The van der Waals surface area contributed by atoms with Crippen LogP contribution in [-0.4, -0.2) is 19.9 Å². The van der Waals surface area contributed by atoms with Crippen LogP contribution in [0.4, 0.5) is 0 Å². The van der Waals surface area contributed by atoms with Crippen molar-refractivity contribution in [3.63, 3.8) is 0 Å². The molecule has 0 saturated heterocycles. The molecule has 49 heavy (non-hydrogen) atoms. The van der Waals surface area contributed by atoms with Crippen LogP contribution in [0.2, 0.25) is 0 Å². The zero-order valence-electron chi connectivity index (χ0n) is 26.9. The normalized spacial score (nSPS) is 14.3. The highest BCUT2D eigenvalue weighted by molar-refractivity contribution is 6.03. The lowest BCUT2D eigenvalue weighted by Gasteiger charge is -2.17. The number of aromatic nitrogens is 4.